The molecular formula is C18H29N. The van der Waals surface area contributed by atoms with Crippen molar-refractivity contribution in [3.05, 3.63) is 29.8 Å². The summed E-state index contributed by atoms with van der Waals surface area (Å²) in [7, 11) is 0. The zero-order valence-corrected chi connectivity index (χ0v) is 13.0. The summed E-state index contributed by atoms with van der Waals surface area (Å²) < 4.78 is 0. The van der Waals surface area contributed by atoms with E-state index in [1.165, 1.54) is 43.4 Å². The van der Waals surface area contributed by atoms with E-state index in [1.54, 1.807) is 0 Å². The highest BCUT2D eigenvalue weighted by atomic mass is 14.9. The van der Waals surface area contributed by atoms with Crippen molar-refractivity contribution in [3.63, 3.8) is 0 Å². The zero-order valence-electron chi connectivity index (χ0n) is 13.0. The summed E-state index contributed by atoms with van der Waals surface area (Å²) in [5.74, 6) is 0.849. The van der Waals surface area contributed by atoms with Gasteiger partial charge in [-0.1, -0.05) is 65.2 Å². The minimum atomic E-state index is 0.208. The van der Waals surface area contributed by atoms with E-state index in [9.17, 15) is 0 Å². The molecule has 0 saturated heterocycles. The zero-order chi connectivity index (χ0) is 13.9. The molecule has 1 nitrogen and oxygen atoms in total. The standard InChI is InChI=1S/C18H29N/c1-5-14-10-6-8-12-16(14)19-17-13-9-7-11-15(17)18(2,3)4/h7,9,11,13-14,16,19H,5-6,8,10,12H2,1-4H3. The van der Waals surface area contributed by atoms with Crippen LogP contribution in [-0.2, 0) is 5.41 Å². The molecule has 0 heterocycles. The number of hydrogen-bond donors (Lipinski definition) is 1. The van der Waals surface area contributed by atoms with Gasteiger partial charge in [0, 0.05) is 11.7 Å². The van der Waals surface area contributed by atoms with Crippen LogP contribution in [0.4, 0.5) is 5.69 Å². The monoisotopic (exact) mass is 259 g/mol. The summed E-state index contributed by atoms with van der Waals surface area (Å²) in [5.41, 5.74) is 3.00. The van der Waals surface area contributed by atoms with Crippen molar-refractivity contribution in [2.75, 3.05) is 5.32 Å². The average Bonchev–Trinajstić information content (AvgIpc) is 2.39. The van der Waals surface area contributed by atoms with Crippen LogP contribution in [0, 0.1) is 5.92 Å². The van der Waals surface area contributed by atoms with E-state index in [4.69, 9.17) is 0 Å². The minimum Gasteiger partial charge on any atom is -0.382 e. The lowest BCUT2D eigenvalue weighted by atomic mass is 9.81. The van der Waals surface area contributed by atoms with Gasteiger partial charge in [0.05, 0.1) is 0 Å². The number of rotatable bonds is 3. The third-order valence-corrected chi connectivity index (χ3v) is 4.51. The molecule has 106 valence electrons. The van der Waals surface area contributed by atoms with Gasteiger partial charge >= 0.3 is 0 Å². The Morgan fingerprint density at radius 1 is 1.11 bits per heavy atom. The number of anilines is 1. The molecule has 0 spiro atoms. The lowest BCUT2D eigenvalue weighted by Crippen LogP contribution is -2.32. The van der Waals surface area contributed by atoms with Crippen molar-refractivity contribution < 1.29 is 0 Å². The van der Waals surface area contributed by atoms with Crippen molar-refractivity contribution in [2.45, 2.75) is 71.3 Å². The van der Waals surface area contributed by atoms with Crippen LogP contribution in [0.3, 0.4) is 0 Å². The molecule has 1 fully saturated rings. The third kappa shape index (κ3) is 3.52. The molecule has 1 aliphatic carbocycles. The maximum absolute atomic E-state index is 3.86. The van der Waals surface area contributed by atoms with Crippen LogP contribution >= 0.6 is 0 Å². The Morgan fingerprint density at radius 2 is 1.79 bits per heavy atom. The number of para-hydroxylation sites is 1. The Kier molecular flexibility index (Phi) is 4.54. The fourth-order valence-corrected chi connectivity index (χ4v) is 3.35. The molecule has 0 aliphatic heterocycles. The van der Waals surface area contributed by atoms with E-state index in [1.807, 2.05) is 0 Å². The van der Waals surface area contributed by atoms with Crippen LogP contribution in [0.15, 0.2) is 24.3 Å². The predicted molar refractivity (Wildman–Crippen MR) is 84.8 cm³/mol. The van der Waals surface area contributed by atoms with Crippen LogP contribution < -0.4 is 5.32 Å². The molecule has 0 radical (unpaired) electrons. The van der Waals surface area contributed by atoms with Crippen LogP contribution in [0.1, 0.15) is 65.4 Å². The molecule has 2 atom stereocenters. The summed E-state index contributed by atoms with van der Waals surface area (Å²) in [6, 6.07) is 9.50. The van der Waals surface area contributed by atoms with Crippen molar-refractivity contribution in [2.24, 2.45) is 5.92 Å². The molecule has 2 unspecified atom stereocenters. The minimum absolute atomic E-state index is 0.208. The van der Waals surface area contributed by atoms with Crippen LogP contribution in [0.5, 0.6) is 0 Å². The largest absolute Gasteiger partial charge is 0.382 e. The molecular weight excluding hydrogens is 230 g/mol. The number of nitrogens with one attached hydrogen (secondary N) is 1. The van der Waals surface area contributed by atoms with Gasteiger partial charge in [0.25, 0.3) is 0 Å². The predicted octanol–water partition coefficient (Wildman–Crippen LogP) is 5.36. The number of hydrogen-bond acceptors (Lipinski definition) is 1. The molecule has 1 heteroatoms. The highest BCUT2D eigenvalue weighted by Crippen LogP contribution is 2.34. The molecule has 1 aliphatic rings. The summed E-state index contributed by atoms with van der Waals surface area (Å²) >= 11 is 0. The maximum atomic E-state index is 3.86. The van der Waals surface area contributed by atoms with Gasteiger partial charge in [-0.3, -0.25) is 0 Å². The molecule has 1 aromatic carbocycles. The van der Waals surface area contributed by atoms with E-state index in [-0.39, 0.29) is 5.41 Å². The van der Waals surface area contributed by atoms with Crippen molar-refractivity contribution in [1.82, 2.24) is 0 Å². The van der Waals surface area contributed by atoms with Gasteiger partial charge in [-0.2, -0.15) is 0 Å². The van der Waals surface area contributed by atoms with E-state index >= 15 is 0 Å². The van der Waals surface area contributed by atoms with E-state index in [2.05, 4.69) is 57.3 Å². The van der Waals surface area contributed by atoms with Gasteiger partial charge in [0.2, 0.25) is 0 Å². The topological polar surface area (TPSA) is 12.0 Å². The average molecular weight is 259 g/mol. The Morgan fingerprint density at radius 3 is 2.47 bits per heavy atom. The first-order valence-corrected chi connectivity index (χ1v) is 7.88. The summed E-state index contributed by atoms with van der Waals surface area (Å²) in [5, 5.41) is 3.86. The van der Waals surface area contributed by atoms with Gasteiger partial charge in [-0.25, -0.2) is 0 Å². The second-order valence-electron chi connectivity index (χ2n) is 7.00. The van der Waals surface area contributed by atoms with Gasteiger partial charge < -0.3 is 5.32 Å². The van der Waals surface area contributed by atoms with Crippen molar-refractivity contribution >= 4 is 5.69 Å². The lowest BCUT2D eigenvalue weighted by molar-refractivity contribution is 0.317. The fourth-order valence-electron chi connectivity index (χ4n) is 3.35. The number of benzene rings is 1. The van der Waals surface area contributed by atoms with Crippen molar-refractivity contribution in [1.29, 1.82) is 0 Å². The van der Waals surface area contributed by atoms with Crippen LogP contribution in [0.25, 0.3) is 0 Å². The lowest BCUT2D eigenvalue weighted by Gasteiger charge is -2.34. The van der Waals surface area contributed by atoms with E-state index in [0.717, 1.165) is 5.92 Å². The second-order valence-corrected chi connectivity index (χ2v) is 7.00. The SMILES string of the molecule is CCC1CCCCC1Nc1ccccc1C(C)(C)C. The first kappa shape index (κ1) is 14.4. The first-order chi connectivity index (χ1) is 9.02. The first-order valence-electron chi connectivity index (χ1n) is 7.88. The molecule has 0 bridgehead atoms. The van der Waals surface area contributed by atoms with E-state index < -0.39 is 0 Å². The molecule has 0 aromatic heterocycles. The Balaban J connectivity index is 2.18. The van der Waals surface area contributed by atoms with Gasteiger partial charge in [0.15, 0.2) is 0 Å². The molecule has 2 rings (SSSR count). The Hall–Kier alpha value is -0.980. The smallest absolute Gasteiger partial charge is 0.0380 e. The molecule has 0 amide bonds. The molecule has 19 heavy (non-hydrogen) atoms. The molecule has 1 aromatic rings. The normalized spacial score (nSPS) is 24.2. The van der Waals surface area contributed by atoms with Crippen LogP contribution in [0.2, 0.25) is 0 Å². The summed E-state index contributed by atoms with van der Waals surface area (Å²) in [6.45, 7) is 9.23. The molecule has 1 saturated carbocycles. The van der Waals surface area contributed by atoms with Crippen LogP contribution in [-0.4, -0.2) is 6.04 Å². The summed E-state index contributed by atoms with van der Waals surface area (Å²) in [6.07, 6.45) is 6.82. The fraction of sp³-hybridized carbons (Fsp3) is 0.667. The van der Waals surface area contributed by atoms with E-state index in [0.29, 0.717) is 6.04 Å². The third-order valence-electron chi connectivity index (χ3n) is 4.51. The molecule has 1 N–H and O–H groups in total. The Bertz CT molecular complexity index is 402. The quantitative estimate of drug-likeness (QED) is 0.770. The highest BCUT2D eigenvalue weighted by Gasteiger charge is 2.25. The van der Waals surface area contributed by atoms with Gasteiger partial charge in [-0.05, 0) is 35.8 Å². The maximum Gasteiger partial charge on any atom is 0.0380 e. The van der Waals surface area contributed by atoms with Gasteiger partial charge in [-0.15, -0.1) is 0 Å². The van der Waals surface area contributed by atoms with Crippen molar-refractivity contribution in [3.8, 4) is 0 Å². The van der Waals surface area contributed by atoms with Gasteiger partial charge in [0.1, 0.15) is 0 Å². The highest BCUT2D eigenvalue weighted by molar-refractivity contribution is 5.54. The second kappa shape index (κ2) is 5.98. The summed E-state index contributed by atoms with van der Waals surface area (Å²) in [4.78, 5) is 0. The Labute approximate surface area is 118 Å².